The number of hydrogen-bond acceptors (Lipinski definition) is 4. The van der Waals surface area contributed by atoms with Crippen LogP contribution in [0.15, 0.2) is 12.7 Å². The molecule has 5 nitrogen and oxygen atoms in total. The zero-order valence-corrected chi connectivity index (χ0v) is 11.2. The van der Waals surface area contributed by atoms with Crippen LogP contribution in [0.3, 0.4) is 0 Å². The van der Waals surface area contributed by atoms with E-state index in [9.17, 15) is 14.7 Å². The molecule has 4 atom stereocenters. The summed E-state index contributed by atoms with van der Waals surface area (Å²) in [6.45, 7) is 6.06. The van der Waals surface area contributed by atoms with Gasteiger partial charge in [0.25, 0.3) is 0 Å². The van der Waals surface area contributed by atoms with Gasteiger partial charge >= 0.3 is 0 Å². The molecule has 1 saturated heterocycles. The summed E-state index contributed by atoms with van der Waals surface area (Å²) in [5, 5.41) is 9.48. The molecule has 5 heteroatoms. The minimum Gasteiger partial charge on any atom is -0.396 e. The predicted octanol–water partition coefficient (Wildman–Crippen LogP) is -0.243. The topological polar surface area (TPSA) is 60.9 Å². The van der Waals surface area contributed by atoms with E-state index in [1.807, 2.05) is 11.8 Å². The summed E-state index contributed by atoms with van der Waals surface area (Å²) in [5.41, 5.74) is 0. The third-order valence-electron chi connectivity index (χ3n) is 3.94. The van der Waals surface area contributed by atoms with Crippen molar-refractivity contribution < 1.29 is 14.7 Å². The number of likely N-dealkylation sites (tertiary alicyclic amines) is 1. The highest BCUT2D eigenvalue weighted by Gasteiger charge is 2.49. The molecule has 1 heterocycles. The predicted molar refractivity (Wildman–Crippen MR) is 69.0 cm³/mol. The zero-order valence-electron chi connectivity index (χ0n) is 11.2. The number of hydrogen-bond donors (Lipinski definition) is 1. The van der Waals surface area contributed by atoms with Crippen molar-refractivity contribution in [3.05, 3.63) is 12.7 Å². The molecule has 1 rings (SSSR count). The van der Waals surface area contributed by atoms with Gasteiger partial charge < -0.3 is 14.8 Å². The van der Waals surface area contributed by atoms with Crippen LogP contribution < -0.4 is 0 Å². The Morgan fingerprint density at radius 2 is 2.11 bits per heavy atom. The number of rotatable bonds is 5. The van der Waals surface area contributed by atoms with Gasteiger partial charge in [-0.15, -0.1) is 6.58 Å². The summed E-state index contributed by atoms with van der Waals surface area (Å²) in [5.74, 6) is -0.813. The van der Waals surface area contributed by atoms with Crippen LogP contribution in [-0.4, -0.2) is 66.4 Å². The summed E-state index contributed by atoms with van der Waals surface area (Å²) in [6, 6.07) is -0.643. The third-order valence-corrected chi connectivity index (χ3v) is 3.94. The van der Waals surface area contributed by atoms with Gasteiger partial charge in [0.15, 0.2) is 0 Å². The largest absolute Gasteiger partial charge is 0.396 e. The Kier molecular flexibility index (Phi) is 5.04. The molecule has 0 saturated carbocycles. The minimum absolute atomic E-state index is 0.0438. The quantitative estimate of drug-likeness (QED) is 0.543. The smallest absolute Gasteiger partial charge is 0.227 e. The van der Waals surface area contributed by atoms with Gasteiger partial charge in [0.1, 0.15) is 6.29 Å². The minimum atomic E-state index is -0.433. The molecule has 1 fully saturated rings. The van der Waals surface area contributed by atoms with Crippen LogP contribution in [0.25, 0.3) is 0 Å². The Morgan fingerprint density at radius 3 is 2.50 bits per heavy atom. The van der Waals surface area contributed by atoms with Crippen molar-refractivity contribution >= 4 is 12.2 Å². The molecule has 0 bridgehead atoms. The van der Waals surface area contributed by atoms with Crippen molar-refractivity contribution in [2.75, 3.05) is 27.2 Å². The van der Waals surface area contributed by atoms with E-state index < -0.39 is 12.0 Å². The van der Waals surface area contributed by atoms with Gasteiger partial charge in [-0.1, -0.05) is 6.08 Å². The Hall–Kier alpha value is -1.20. The second-order valence-corrected chi connectivity index (χ2v) is 4.74. The molecular formula is C13H22N2O3. The Morgan fingerprint density at radius 1 is 1.50 bits per heavy atom. The van der Waals surface area contributed by atoms with E-state index in [0.717, 1.165) is 6.29 Å². The number of aliphatic hydroxyl groups is 1. The van der Waals surface area contributed by atoms with Crippen LogP contribution in [-0.2, 0) is 9.59 Å². The fraction of sp³-hybridized carbons (Fsp3) is 0.692. The van der Waals surface area contributed by atoms with Crippen molar-refractivity contribution in [3.63, 3.8) is 0 Å². The lowest BCUT2D eigenvalue weighted by Crippen LogP contribution is -2.41. The molecule has 1 N–H and O–H groups in total. The number of carbonyl (C=O) groups is 2. The van der Waals surface area contributed by atoms with Crippen molar-refractivity contribution in [2.24, 2.45) is 11.8 Å². The van der Waals surface area contributed by atoms with Gasteiger partial charge in [-0.25, -0.2) is 0 Å². The van der Waals surface area contributed by atoms with Gasteiger partial charge in [-0.3, -0.25) is 9.69 Å². The monoisotopic (exact) mass is 254 g/mol. The maximum Gasteiger partial charge on any atom is 0.227 e. The summed E-state index contributed by atoms with van der Waals surface area (Å²) >= 11 is 0. The highest BCUT2D eigenvalue weighted by atomic mass is 16.3. The average molecular weight is 254 g/mol. The first-order valence-electron chi connectivity index (χ1n) is 6.19. The SMILES string of the molecule is C=CC1C(C(=O)N(C)CC)C(CO)C(C=O)N1C. The molecule has 0 aromatic heterocycles. The second-order valence-electron chi connectivity index (χ2n) is 4.74. The van der Waals surface area contributed by atoms with E-state index in [4.69, 9.17) is 0 Å². The van der Waals surface area contributed by atoms with Crippen molar-refractivity contribution in [3.8, 4) is 0 Å². The molecular weight excluding hydrogens is 232 g/mol. The van der Waals surface area contributed by atoms with E-state index in [2.05, 4.69) is 6.58 Å². The lowest BCUT2D eigenvalue weighted by Gasteiger charge is -2.26. The molecule has 18 heavy (non-hydrogen) atoms. The molecule has 1 aliphatic rings. The van der Waals surface area contributed by atoms with Gasteiger partial charge in [-0.2, -0.15) is 0 Å². The lowest BCUT2D eigenvalue weighted by molar-refractivity contribution is -0.136. The van der Waals surface area contributed by atoms with Gasteiger partial charge in [0, 0.05) is 32.2 Å². The van der Waals surface area contributed by atoms with E-state index in [1.54, 1.807) is 25.1 Å². The van der Waals surface area contributed by atoms with Crippen LogP contribution in [0.2, 0.25) is 0 Å². The first kappa shape index (κ1) is 14.9. The molecule has 102 valence electrons. The third kappa shape index (κ3) is 2.33. The van der Waals surface area contributed by atoms with Crippen molar-refractivity contribution in [1.82, 2.24) is 9.80 Å². The normalized spacial score (nSPS) is 32.2. The molecule has 0 spiro atoms. The first-order chi connectivity index (χ1) is 8.53. The highest BCUT2D eigenvalue weighted by molar-refractivity contribution is 5.81. The fourth-order valence-electron chi connectivity index (χ4n) is 2.69. The number of amides is 1. The Bertz CT molecular complexity index is 332. The molecule has 0 radical (unpaired) electrons. The molecule has 1 amide bonds. The highest BCUT2D eigenvalue weighted by Crippen LogP contribution is 2.35. The van der Waals surface area contributed by atoms with Crippen LogP contribution in [0.4, 0.5) is 0 Å². The zero-order chi connectivity index (χ0) is 13.9. The molecule has 4 unspecified atom stereocenters. The molecule has 1 aliphatic heterocycles. The average Bonchev–Trinajstić information content (AvgIpc) is 2.67. The second kappa shape index (κ2) is 6.11. The summed E-state index contributed by atoms with van der Waals surface area (Å²) in [4.78, 5) is 26.9. The fourth-order valence-corrected chi connectivity index (χ4v) is 2.69. The van der Waals surface area contributed by atoms with E-state index in [0.29, 0.717) is 6.54 Å². The number of aldehydes is 1. The van der Waals surface area contributed by atoms with Crippen molar-refractivity contribution in [2.45, 2.75) is 19.0 Å². The van der Waals surface area contributed by atoms with Crippen LogP contribution in [0, 0.1) is 11.8 Å². The maximum absolute atomic E-state index is 12.3. The van der Waals surface area contributed by atoms with Gasteiger partial charge in [0.05, 0.1) is 12.0 Å². The summed E-state index contributed by atoms with van der Waals surface area (Å²) in [7, 11) is 3.51. The van der Waals surface area contributed by atoms with Crippen LogP contribution >= 0.6 is 0 Å². The van der Waals surface area contributed by atoms with E-state index in [-0.39, 0.29) is 24.5 Å². The van der Waals surface area contributed by atoms with Crippen LogP contribution in [0.1, 0.15) is 6.92 Å². The Labute approximate surface area is 108 Å². The molecule has 0 aromatic carbocycles. The maximum atomic E-state index is 12.3. The number of aliphatic hydroxyl groups excluding tert-OH is 1. The van der Waals surface area contributed by atoms with E-state index in [1.165, 1.54) is 0 Å². The molecule has 0 aliphatic carbocycles. The van der Waals surface area contributed by atoms with Gasteiger partial charge in [-0.05, 0) is 14.0 Å². The lowest BCUT2D eigenvalue weighted by atomic mass is 9.86. The van der Waals surface area contributed by atoms with Gasteiger partial charge in [0.2, 0.25) is 5.91 Å². The summed E-state index contributed by atoms with van der Waals surface area (Å²) in [6.07, 6.45) is 2.48. The number of likely N-dealkylation sites (N-methyl/N-ethyl adjacent to an activating group) is 1. The first-order valence-corrected chi connectivity index (χ1v) is 6.19. The standard InChI is InChI=1S/C13H22N2O3/c1-5-10-12(13(18)14(3)6-2)9(7-16)11(8-17)15(10)4/h5,8-12,16H,1,6-7H2,2-4H3. The van der Waals surface area contributed by atoms with E-state index >= 15 is 0 Å². The number of nitrogens with zero attached hydrogens (tertiary/aromatic N) is 2. The molecule has 0 aromatic rings. The number of carbonyl (C=O) groups excluding carboxylic acids is 2. The Balaban J connectivity index is 3.08. The summed E-state index contributed by atoms with van der Waals surface area (Å²) < 4.78 is 0. The van der Waals surface area contributed by atoms with Crippen molar-refractivity contribution in [1.29, 1.82) is 0 Å². The van der Waals surface area contributed by atoms with Crippen LogP contribution in [0.5, 0.6) is 0 Å².